The Morgan fingerprint density at radius 3 is 2.32 bits per heavy atom. The average Bonchev–Trinajstić information content (AvgIpc) is 2.85. The molecule has 0 unspecified atom stereocenters. The van der Waals surface area contributed by atoms with Gasteiger partial charge in [-0.3, -0.25) is 10.1 Å². The van der Waals surface area contributed by atoms with Crippen LogP contribution in [-0.4, -0.2) is 33.1 Å². The summed E-state index contributed by atoms with van der Waals surface area (Å²) >= 11 is 0. The molecule has 170 valence electrons. The van der Waals surface area contributed by atoms with Crippen LogP contribution >= 0.6 is 0 Å². The van der Waals surface area contributed by atoms with E-state index in [0.717, 1.165) is 5.56 Å². The van der Waals surface area contributed by atoms with E-state index in [2.05, 4.69) is 20.3 Å². The molecule has 1 aromatic heterocycles. The first kappa shape index (κ1) is 22.2. The van der Waals surface area contributed by atoms with E-state index in [4.69, 9.17) is 10.5 Å². The molecule has 0 aliphatic carbocycles. The Bertz CT molecular complexity index is 1360. The van der Waals surface area contributed by atoms with E-state index in [1.54, 1.807) is 49.6 Å². The molecule has 0 fully saturated rings. The summed E-state index contributed by atoms with van der Waals surface area (Å²) in [6.07, 6.45) is 0. The molecule has 0 radical (unpaired) electrons. The Morgan fingerprint density at radius 1 is 1.00 bits per heavy atom. The van der Waals surface area contributed by atoms with Gasteiger partial charge in [0, 0.05) is 28.9 Å². The molecule has 0 aliphatic heterocycles. The van der Waals surface area contributed by atoms with E-state index in [1.165, 1.54) is 24.3 Å². The van der Waals surface area contributed by atoms with Crippen molar-refractivity contribution < 1.29 is 14.8 Å². The molecule has 1 heterocycles. The molecule has 3 aromatic carbocycles. The number of aromatic hydroxyl groups is 1. The molecule has 0 spiro atoms. The zero-order chi connectivity index (χ0) is 24.1. The lowest BCUT2D eigenvalue weighted by Gasteiger charge is -2.09. The number of nitro benzene ring substituents is 1. The van der Waals surface area contributed by atoms with Crippen molar-refractivity contribution in [3.05, 3.63) is 89.0 Å². The number of methoxy groups -OCH3 is 1. The van der Waals surface area contributed by atoms with Gasteiger partial charge in [0.1, 0.15) is 11.5 Å². The van der Waals surface area contributed by atoms with E-state index in [1.807, 2.05) is 12.1 Å². The van der Waals surface area contributed by atoms with Crippen molar-refractivity contribution in [1.29, 1.82) is 0 Å². The van der Waals surface area contributed by atoms with Crippen molar-refractivity contribution in [1.82, 2.24) is 9.97 Å². The topological polar surface area (TPSA) is 149 Å². The molecule has 0 atom stereocenters. The SMILES string of the molecule is COc1ccc(-c2cc(-c3cccc([N+](=O)[O-])c3)nc(N=C(N)Nc3ccc(O)cc3)n2)cc1. The van der Waals surface area contributed by atoms with E-state index in [-0.39, 0.29) is 23.3 Å². The summed E-state index contributed by atoms with van der Waals surface area (Å²) in [7, 11) is 1.58. The number of rotatable bonds is 6. The van der Waals surface area contributed by atoms with Crippen LogP contribution < -0.4 is 15.8 Å². The summed E-state index contributed by atoms with van der Waals surface area (Å²) < 4.78 is 5.22. The second-order valence-electron chi connectivity index (χ2n) is 7.14. The van der Waals surface area contributed by atoms with Gasteiger partial charge in [-0.05, 0) is 54.6 Å². The van der Waals surface area contributed by atoms with Gasteiger partial charge < -0.3 is 20.9 Å². The van der Waals surface area contributed by atoms with Crippen molar-refractivity contribution in [2.75, 3.05) is 12.4 Å². The second kappa shape index (κ2) is 9.65. The van der Waals surface area contributed by atoms with Crippen molar-refractivity contribution in [2.45, 2.75) is 0 Å². The highest BCUT2D eigenvalue weighted by Gasteiger charge is 2.13. The van der Waals surface area contributed by atoms with Crippen LogP contribution in [0.15, 0.2) is 83.9 Å². The number of nitrogens with one attached hydrogen (secondary N) is 1. The third-order valence-electron chi connectivity index (χ3n) is 4.81. The number of hydrogen-bond acceptors (Lipinski definition) is 7. The van der Waals surface area contributed by atoms with Gasteiger partial charge in [0.2, 0.25) is 5.96 Å². The fourth-order valence-corrected chi connectivity index (χ4v) is 3.15. The number of nitrogens with two attached hydrogens (primary N) is 1. The first-order chi connectivity index (χ1) is 16.4. The molecule has 0 aliphatic rings. The van der Waals surface area contributed by atoms with Crippen LogP contribution in [0.4, 0.5) is 17.3 Å². The molecule has 10 heteroatoms. The molecular formula is C24H20N6O4. The fourth-order valence-electron chi connectivity index (χ4n) is 3.15. The Balaban J connectivity index is 1.76. The molecular weight excluding hydrogens is 436 g/mol. The van der Waals surface area contributed by atoms with Gasteiger partial charge in [0.25, 0.3) is 11.6 Å². The average molecular weight is 456 g/mol. The zero-order valence-electron chi connectivity index (χ0n) is 18.0. The van der Waals surface area contributed by atoms with E-state index >= 15 is 0 Å². The van der Waals surface area contributed by atoms with Crippen LogP contribution in [0.25, 0.3) is 22.5 Å². The minimum atomic E-state index is -0.465. The number of benzene rings is 3. The number of non-ortho nitro benzene ring substituents is 1. The van der Waals surface area contributed by atoms with E-state index in [0.29, 0.717) is 28.4 Å². The van der Waals surface area contributed by atoms with Crippen LogP contribution in [-0.2, 0) is 0 Å². The van der Waals surface area contributed by atoms with Crippen LogP contribution in [0.2, 0.25) is 0 Å². The molecule has 0 bridgehead atoms. The monoisotopic (exact) mass is 456 g/mol. The maximum absolute atomic E-state index is 11.2. The number of aliphatic imine (C=N–C) groups is 1. The van der Waals surface area contributed by atoms with E-state index < -0.39 is 4.92 Å². The number of nitro groups is 1. The number of anilines is 1. The van der Waals surface area contributed by atoms with E-state index in [9.17, 15) is 15.2 Å². The fraction of sp³-hybridized carbons (Fsp3) is 0.0417. The highest BCUT2D eigenvalue weighted by molar-refractivity contribution is 5.93. The molecule has 0 amide bonds. The summed E-state index contributed by atoms with van der Waals surface area (Å²) in [6, 6.07) is 21.5. The zero-order valence-corrected chi connectivity index (χ0v) is 18.0. The molecule has 4 N–H and O–H groups in total. The molecule has 10 nitrogen and oxygen atoms in total. The van der Waals surface area contributed by atoms with Gasteiger partial charge >= 0.3 is 0 Å². The van der Waals surface area contributed by atoms with Gasteiger partial charge in [-0.1, -0.05) is 12.1 Å². The summed E-state index contributed by atoms with van der Waals surface area (Å²) in [4.78, 5) is 24.0. The van der Waals surface area contributed by atoms with Crippen LogP contribution in [0, 0.1) is 10.1 Å². The van der Waals surface area contributed by atoms with Crippen molar-refractivity contribution >= 4 is 23.3 Å². The Hall–Kier alpha value is -4.99. The number of hydrogen-bond donors (Lipinski definition) is 3. The lowest BCUT2D eigenvalue weighted by Crippen LogP contribution is -2.22. The number of nitrogens with zero attached hydrogens (tertiary/aromatic N) is 4. The summed E-state index contributed by atoms with van der Waals surface area (Å²) in [5, 5.41) is 23.6. The normalized spacial score (nSPS) is 11.1. The maximum Gasteiger partial charge on any atom is 0.270 e. The van der Waals surface area contributed by atoms with Crippen molar-refractivity contribution in [3.63, 3.8) is 0 Å². The number of ether oxygens (including phenoxy) is 1. The number of phenols is 1. The third kappa shape index (κ3) is 5.25. The molecule has 0 saturated carbocycles. The number of guanidine groups is 1. The Kier molecular flexibility index (Phi) is 6.31. The number of phenolic OH excluding ortho intramolecular Hbond substituents is 1. The maximum atomic E-state index is 11.2. The molecule has 4 aromatic rings. The van der Waals surface area contributed by atoms with Gasteiger partial charge in [-0.2, -0.15) is 4.99 Å². The predicted octanol–water partition coefficient (Wildman–Crippen LogP) is 4.49. The lowest BCUT2D eigenvalue weighted by molar-refractivity contribution is -0.384. The van der Waals surface area contributed by atoms with Crippen LogP contribution in [0.3, 0.4) is 0 Å². The third-order valence-corrected chi connectivity index (χ3v) is 4.81. The smallest absolute Gasteiger partial charge is 0.270 e. The summed E-state index contributed by atoms with van der Waals surface area (Å²) in [5.41, 5.74) is 8.91. The standard InChI is InChI=1S/C24H20N6O4/c1-34-20-11-5-15(6-12-20)21-14-22(16-3-2-4-18(13-16)30(32)33)28-24(27-21)29-23(25)26-17-7-9-19(31)10-8-17/h2-14,31H,1H3,(H3,25,26,27,28,29). The molecule has 0 saturated heterocycles. The highest BCUT2D eigenvalue weighted by Crippen LogP contribution is 2.29. The Morgan fingerprint density at radius 2 is 1.68 bits per heavy atom. The highest BCUT2D eigenvalue weighted by atomic mass is 16.6. The first-order valence-electron chi connectivity index (χ1n) is 10.1. The van der Waals surface area contributed by atoms with Gasteiger partial charge in [0.15, 0.2) is 0 Å². The van der Waals surface area contributed by atoms with Crippen molar-refractivity contribution in [3.8, 4) is 34.0 Å². The first-order valence-corrected chi connectivity index (χ1v) is 10.1. The Labute approximate surface area is 194 Å². The molecule has 34 heavy (non-hydrogen) atoms. The minimum absolute atomic E-state index is 0.0302. The molecule has 4 rings (SSSR count). The van der Waals surface area contributed by atoms with Crippen molar-refractivity contribution in [2.24, 2.45) is 10.7 Å². The summed E-state index contributed by atoms with van der Waals surface area (Å²) in [6.45, 7) is 0. The number of aromatic nitrogens is 2. The quantitative estimate of drug-likeness (QED) is 0.126. The summed E-state index contributed by atoms with van der Waals surface area (Å²) in [5.74, 6) is 0.914. The minimum Gasteiger partial charge on any atom is -0.508 e. The second-order valence-corrected chi connectivity index (χ2v) is 7.14. The predicted molar refractivity (Wildman–Crippen MR) is 129 cm³/mol. The van der Waals surface area contributed by atoms with Crippen LogP contribution in [0.5, 0.6) is 11.5 Å². The van der Waals surface area contributed by atoms with Gasteiger partial charge in [0.05, 0.1) is 23.4 Å². The van der Waals surface area contributed by atoms with Gasteiger partial charge in [-0.25, -0.2) is 9.97 Å². The van der Waals surface area contributed by atoms with Crippen LogP contribution in [0.1, 0.15) is 0 Å². The lowest BCUT2D eigenvalue weighted by atomic mass is 10.1. The van der Waals surface area contributed by atoms with Gasteiger partial charge in [-0.15, -0.1) is 0 Å². The largest absolute Gasteiger partial charge is 0.508 e.